The van der Waals surface area contributed by atoms with Crippen LogP contribution in [0.15, 0.2) is 48.5 Å². The lowest BCUT2D eigenvalue weighted by Crippen LogP contribution is -2.40. The van der Waals surface area contributed by atoms with Gasteiger partial charge in [-0.15, -0.1) is 0 Å². The molecule has 1 heterocycles. The topological polar surface area (TPSA) is 49.9 Å². The summed E-state index contributed by atoms with van der Waals surface area (Å²) in [4.78, 5) is 28.4. The fourth-order valence-electron chi connectivity index (χ4n) is 4.33. The first-order valence-electron chi connectivity index (χ1n) is 11.8. The quantitative estimate of drug-likeness (QED) is 0.446. The van der Waals surface area contributed by atoms with Crippen molar-refractivity contribution in [3.8, 4) is 5.75 Å². The molecule has 178 valence electrons. The van der Waals surface area contributed by atoms with Crippen LogP contribution in [0.1, 0.15) is 60.9 Å². The Bertz CT molecular complexity index is 924. The maximum atomic E-state index is 12.8. The number of unbranched alkanes of at least 4 members (excludes halogenated alkanes) is 1. The molecule has 1 saturated heterocycles. The van der Waals surface area contributed by atoms with Crippen molar-refractivity contribution in [3.63, 3.8) is 0 Å². The normalized spacial score (nSPS) is 15.2. The Morgan fingerprint density at radius 2 is 1.79 bits per heavy atom. The van der Waals surface area contributed by atoms with Crippen LogP contribution in [-0.2, 0) is 4.79 Å². The van der Waals surface area contributed by atoms with Crippen molar-refractivity contribution in [2.75, 3.05) is 33.8 Å². The molecule has 1 fully saturated rings. The summed E-state index contributed by atoms with van der Waals surface area (Å²) in [6, 6.07) is 15.2. The van der Waals surface area contributed by atoms with E-state index in [1.54, 1.807) is 32.3 Å². The Morgan fingerprint density at radius 1 is 1.09 bits per heavy atom. The van der Waals surface area contributed by atoms with Gasteiger partial charge in [0.15, 0.2) is 0 Å². The average Bonchev–Trinajstić information content (AvgIpc) is 2.83. The first-order valence-corrected chi connectivity index (χ1v) is 12.2. The number of amides is 2. The zero-order valence-electron chi connectivity index (χ0n) is 19.9. The van der Waals surface area contributed by atoms with Crippen LogP contribution in [0.25, 0.3) is 0 Å². The van der Waals surface area contributed by atoms with E-state index in [0.29, 0.717) is 28.9 Å². The fraction of sp³-hybridized carbons (Fsp3) is 0.481. The van der Waals surface area contributed by atoms with Gasteiger partial charge in [-0.05, 0) is 62.3 Å². The van der Waals surface area contributed by atoms with Crippen molar-refractivity contribution >= 4 is 23.4 Å². The summed E-state index contributed by atoms with van der Waals surface area (Å²) >= 11 is 6.24. The standard InChI is InChI=1S/C27H35ClN2O3/c1-20(22-10-5-4-6-11-22)26(31)30-16-14-21(15-17-30)9-7-8-18-33-23-12-13-24(25(28)19-23)27(32)29(2)3/h4-6,10-13,19-21H,7-9,14-18H2,1-3H3. The third kappa shape index (κ3) is 6.97. The molecular formula is C27H35ClN2O3. The molecule has 2 aromatic rings. The van der Waals surface area contributed by atoms with Crippen LogP contribution >= 0.6 is 11.6 Å². The number of likely N-dealkylation sites (tertiary alicyclic amines) is 1. The largest absolute Gasteiger partial charge is 0.494 e. The highest BCUT2D eigenvalue weighted by atomic mass is 35.5. The highest BCUT2D eigenvalue weighted by Gasteiger charge is 2.26. The molecule has 3 rings (SSSR count). The minimum Gasteiger partial charge on any atom is -0.494 e. The summed E-state index contributed by atoms with van der Waals surface area (Å²) in [5.74, 6) is 1.41. The van der Waals surface area contributed by atoms with E-state index in [1.807, 2.05) is 42.2 Å². The average molecular weight is 471 g/mol. The highest BCUT2D eigenvalue weighted by molar-refractivity contribution is 6.34. The number of hydrogen-bond donors (Lipinski definition) is 0. The molecule has 6 heteroatoms. The van der Waals surface area contributed by atoms with Crippen LogP contribution in [0.3, 0.4) is 0 Å². The molecule has 0 bridgehead atoms. The Labute approximate surface area is 202 Å². The number of piperidine rings is 1. The molecule has 2 amide bonds. The molecule has 1 atom stereocenters. The van der Waals surface area contributed by atoms with Crippen molar-refractivity contribution in [1.82, 2.24) is 9.80 Å². The van der Waals surface area contributed by atoms with Gasteiger partial charge in [-0.3, -0.25) is 9.59 Å². The van der Waals surface area contributed by atoms with Gasteiger partial charge in [-0.25, -0.2) is 0 Å². The predicted octanol–water partition coefficient (Wildman–Crippen LogP) is 5.63. The molecule has 5 nitrogen and oxygen atoms in total. The number of benzene rings is 2. The summed E-state index contributed by atoms with van der Waals surface area (Å²) in [7, 11) is 3.41. The molecule has 1 unspecified atom stereocenters. The summed E-state index contributed by atoms with van der Waals surface area (Å²) in [5.41, 5.74) is 1.57. The van der Waals surface area contributed by atoms with Gasteiger partial charge in [-0.2, -0.15) is 0 Å². The maximum absolute atomic E-state index is 12.8. The van der Waals surface area contributed by atoms with Gasteiger partial charge in [0.05, 0.1) is 23.1 Å². The molecule has 1 aliphatic heterocycles. The molecule has 0 aliphatic carbocycles. The van der Waals surface area contributed by atoms with Gasteiger partial charge >= 0.3 is 0 Å². The van der Waals surface area contributed by atoms with Crippen LogP contribution in [0.5, 0.6) is 5.75 Å². The van der Waals surface area contributed by atoms with Gasteiger partial charge in [-0.1, -0.05) is 48.4 Å². The summed E-state index contributed by atoms with van der Waals surface area (Å²) < 4.78 is 5.83. The number of ether oxygens (including phenoxy) is 1. The second-order valence-corrected chi connectivity index (χ2v) is 9.49. The number of carbonyl (C=O) groups excluding carboxylic acids is 2. The van der Waals surface area contributed by atoms with E-state index in [-0.39, 0.29) is 17.7 Å². The number of nitrogens with zero attached hydrogens (tertiary/aromatic N) is 2. The van der Waals surface area contributed by atoms with Gasteiger partial charge in [0.25, 0.3) is 5.91 Å². The Kier molecular flexibility index (Phi) is 9.19. The Balaban J connectivity index is 1.34. The molecule has 1 aliphatic rings. The lowest BCUT2D eigenvalue weighted by molar-refractivity contribution is -0.133. The first-order chi connectivity index (χ1) is 15.9. The number of halogens is 1. The lowest BCUT2D eigenvalue weighted by Gasteiger charge is -2.33. The Hall–Kier alpha value is -2.53. The SMILES string of the molecule is CC(C(=O)N1CCC(CCCCOc2ccc(C(=O)N(C)C)c(Cl)c2)CC1)c1ccccc1. The van der Waals surface area contributed by atoms with Crippen LogP contribution in [0.2, 0.25) is 5.02 Å². The molecule has 0 saturated carbocycles. The van der Waals surface area contributed by atoms with Crippen LogP contribution in [-0.4, -0.2) is 55.4 Å². The van der Waals surface area contributed by atoms with E-state index in [9.17, 15) is 9.59 Å². The molecular weight excluding hydrogens is 436 g/mol. The minimum absolute atomic E-state index is 0.0801. The second kappa shape index (κ2) is 12.1. The number of carbonyl (C=O) groups is 2. The lowest BCUT2D eigenvalue weighted by atomic mass is 9.90. The molecule has 2 aromatic carbocycles. The van der Waals surface area contributed by atoms with Crippen molar-refractivity contribution in [2.24, 2.45) is 5.92 Å². The molecule has 0 spiro atoms. The van der Waals surface area contributed by atoms with Crippen molar-refractivity contribution in [3.05, 3.63) is 64.7 Å². The van der Waals surface area contributed by atoms with E-state index < -0.39 is 0 Å². The number of hydrogen-bond acceptors (Lipinski definition) is 3. The van der Waals surface area contributed by atoms with Crippen molar-refractivity contribution in [2.45, 2.75) is 44.9 Å². The highest BCUT2D eigenvalue weighted by Crippen LogP contribution is 2.27. The third-order valence-electron chi connectivity index (χ3n) is 6.45. The molecule has 0 aromatic heterocycles. The summed E-state index contributed by atoms with van der Waals surface area (Å²) in [5, 5.41) is 0.411. The van der Waals surface area contributed by atoms with Crippen LogP contribution < -0.4 is 4.74 Å². The van der Waals surface area contributed by atoms with E-state index in [1.165, 1.54) is 4.90 Å². The van der Waals surface area contributed by atoms with E-state index >= 15 is 0 Å². The zero-order chi connectivity index (χ0) is 23.8. The van der Waals surface area contributed by atoms with Gasteiger partial charge in [0.2, 0.25) is 5.91 Å². The van der Waals surface area contributed by atoms with Crippen molar-refractivity contribution < 1.29 is 14.3 Å². The van der Waals surface area contributed by atoms with Gasteiger partial charge in [0, 0.05) is 27.2 Å². The van der Waals surface area contributed by atoms with E-state index in [4.69, 9.17) is 16.3 Å². The monoisotopic (exact) mass is 470 g/mol. The Morgan fingerprint density at radius 3 is 2.42 bits per heavy atom. The van der Waals surface area contributed by atoms with Gasteiger partial charge < -0.3 is 14.5 Å². The molecule has 0 radical (unpaired) electrons. The third-order valence-corrected chi connectivity index (χ3v) is 6.76. The summed E-state index contributed by atoms with van der Waals surface area (Å²) in [6.45, 7) is 4.34. The van der Waals surface area contributed by atoms with E-state index in [2.05, 4.69) is 0 Å². The van der Waals surface area contributed by atoms with Crippen molar-refractivity contribution in [1.29, 1.82) is 0 Å². The molecule has 0 N–H and O–H groups in total. The first kappa shape index (κ1) is 25.1. The van der Waals surface area contributed by atoms with E-state index in [0.717, 1.165) is 50.8 Å². The zero-order valence-corrected chi connectivity index (χ0v) is 20.7. The minimum atomic E-state index is -0.117. The van der Waals surface area contributed by atoms with Crippen LogP contribution in [0.4, 0.5) is 0 Å². The van der Waals surface area contributed by atoms with Crippen LogP contribution in [0, 0.1) is 5.92 Å². The summed E-state index contributed by atoms with van der Waals surface area (Å²) in [6.07, 6.45) is 5.39. The maximum Gasteiger partial charge on any atom is 0.254 e. The van der Waals surface area contributed by atoms with Gasteiger partial charge in [0.1, 0.15) is 5.75 Å². The number of rotatable bonds is 9. The fourth-order valence-corrected chi connectivity index (χ4v) is 4.58. The predicted molar refractivity (Wildman–Crippen MR) is 133 cm³/mol. The smallest absolute Gasteiger partial charge is 0.254 e. The second-order valence-electron chi connectivity index (χ2n) is 9.09. The molecule has 33 heavy (non-hydrogen) atoms.